The van der Waals surface area contributed by atoms with Crippen LogP contribution in [0.4, 0.5) is 0 Å². The molecule has 0 aliphatic rings. The molecule has 6 N–H and O–H groups in total. The number of rotatable bonds is 10. The molecule has 0 amide bonds. The molecule has 0 aliphatic heterocycles. The molecule has 0 spiro atoms. The van der Waals surface area contributed by atoms with Crippen LogP contribution in [0, 0.1) is 13.8 Å². The van der Waals surface area contributed by atoms with E-state index in [2.05, 4.69) is 52.9 Å². The van der Waals surface area contributed by atoms with Crippen molar-refractivity contribution in [2.24, 2.45) is 5.88 Å². The molecule has 2 heterocycles. The number of ketones is 4. The zero-order valence-corrected chi connectivity index (χ0v) is 26.3. The van der Waals surface area contributed by atoms with Gasteiger partial charge < -0.3 is 39.4 Å². The minimum absolute atomic E-state index is 0. The van der Waals surface area contributed by atoms with Gasteiger partial charge in [0.2, 0.25) is 14.4 Å². The fourth-order valence-electron chi connectivity index (χ4n) is 1.46. The molecule has 0 aliphatic carbocycles. The van der Waals surface area contributed by atoms with Crippen molar-refractivity contribution in [3.05, 3.63) is 35.0 Å². The van der Waals surface area contributed by atoms with Crippen molar-refractivity contribution >= 4 is 53.4 Å². The zero-order valence-electron chi connectivity index (χ0n) is 38.5. The summed E-state index contributed by atoms with van der Waals surface area (Å²) >= 11 is 3.89. The summed E-state index contributed by atoms with van der Waals surface area (Å²) in [6.07, 6.45) is -3.27. The van der Waals surface area contributed by atoms with Gasteiger partial charge in [0.05, 0.1) is 22.3 Å². The van der Waals surface area contributed by atoms with E-state index in [1.807, 2.05) is 0 Å². The van der Waals surface area contributed by atoms with Crippen molar-refractivity contribution in [3.8, 4) is 0 Å². The normalized spacial score (nSPS) is 12.4. The van der Waals surface area contributed by atoms with E-state index in [1.165, 1.54) is 13.8 Å². The van der Waals surface area contributed by atoms with Gasteiger partial charge in [0.15, 0.2) is 20.0 Å². The predicted molar refractivity (Wildman–Crippen MR) is 152 cm³/mol. The zero-order chi connectivity index (χ0) is 46.9. The number of aromatic carboxylic acids is 1. The maximum absolute atomic E-state index is 11.0. The third kappa shape index (κ3) is 36.3. The maximum atomic E-state index is 11.0. The summed E-state index contributed by atoms with van der Waals surface area (Å²) in [4.78, 5) is 73.7. The first-order valence-corrected chi connectivity index (χ1v) is 11.2. The molecule has 0 atom stereocenters. The van der Waals surface area contributed by atoms with Crippen LogP contribution in [0.15, 0.2) is 21.1 Å². The third-order valence-electron chi connectivity index (χ3n) is 2.92. The van der Waals surface area contributed by atoms with E-state index < -0.39 is 54.3 Å². The number of carboxylic acids is 1. The van der Waals surface area contributed by atoms with E-state index in [0.29, 0.717) is 12.4 Å². The van der Waals surface area contributed by atoms with Crippen molar-refractivity contribution < 1.29 is 107 Å². The summed E-state index contributed by atoms with van der Waals surface area (Å²) in [5.41, 5.74) is 7.10. The molecule has 2 aromatic heterocycles. The summed E-state index contributed by atoms with van der Waals surface area (Å²) in [5, 5.41) is 21.8. The number of aliphatic hydroxyl groups is 1. The first-order valence-electron chi connectivity index (χ1n) is 17.2. The fraction of sp³-hybridized carbons (Fsp3) is 0.480. The topological polar surface area (TPSA) is 307 Å². The van der Waals surface area contributed by atoms with Crippen molar-refractivity contribution in [2.75, 3.05) is 19.8 Å². The molecule has 0 saturated heterocycles. The van der Waals surface area contributed by atoms with Crippen LogP contribution >= 0.6 is 12.3 Å². The van der Waals surface area contributed by atoms with Crippen molar-refractivity contribution in [3.63, 3.8) is 0 Å². The second kappa shape index (κ2) is 36.4. The van der Waals surface area contributed by atoms with E-state index in [4.69, 9.17) is 27.0 Å². The van der Waals surface area contributed by atoms with Crippen LogP contribution in [0.25, 0.3) is 0 Å². The molecule has 0 bridgehead atoms. The van der Waals surface area contributed by atoms with Crippen LogP contribution in [0.1, 0.15) is 91.4 Å². The van der Waals surface area contributed by atoms with Gasteiger partial charge in [0.1, 0.15) is 18.5 Å². The van der Waals surface area contributed by atoms with E-state index >= 15 is 0 Å². The van der Waals surface area contributed by atoms with Gasteiger partial charge in [-0.1, -0.05) is 10.3 Å². The number of Topliss-reactive ketones (excluding diaryl/α,β-unsaturated/α-hetero) is 4. The number of aryl methyl sites for hydroxylation is 2. The number of aromatic nitrogens is 2. The number of carbonyl (C=O) groups excluding carboxylic acids is 6. The average Bonchev–Trinajstić information content (AvgIpc) is 3.68. The van der Waals surface area contributed by atoms with Gasteiger partial charge in [0, 0.05) is 39.4 Å². The molecule has 0 radical (unpaired) electrons. The molecule has 0 fully saturated rings. The number of hydrogen-bond acceptors (Lipinski definition) is 17. The number of carboxylic acid groups (broad SMARTS) is 1. The summed E-state index contributed by atoms with van der Waals surface area (Å²) in [7, 11) is 0. The predicted octanol–water partition coefficient (Wildman–Crippen LogP) is -1.32. The van der Waals surface area contributed by atoms with Crippen molar-refractivity contribution in [1.82, 2.24) is 10.3 Å². The van der Waals surface area contributed by atoms with Gasteiger partial charge >= 0.3 is 36.8 Å². The van der Waals surface area contributed by atoms with E-state index in [9.17, 15) is 33.6 Å². The largest absolute Gasteiger partial charge is 1.00 e. The number of esters is 2. The quantitative estimate of drug-likeness (QED) is 0.0744. The monoisotopic (exact) mass is 678 g/mol. The second-order valence-corrected chi connectivity index (χ2v) is 6.36. The Morgan fingerprint density at radius 3 is 1.69 bits per heavy atom. The average molecular weight is 679 g/mol. The number of ether oxygens (including phenoxy) is 2. The van der Waals surface area contributed by atoms with Crippen LogP contribution in [0.5, 0.6) is 0 Å². The van der Waals surface area contributed by atoms with Crippen LogP contribution in [-0.4, -0.2) is 94.7 Å². The number of nitrogens with zero attached hydrogens (tertiary/aromatic N) is 2. The number of halogens is 1. The van der Waals surface area contributed by atoms with Crippen molar-refractivity contribution in [1.29, 1.82) is 2.60 Å². The Labute approximate surface area is 296 Å². The van der Waals surface area contributed by atoms with Crippen LogP contribution < -0.4 is 24.7 Å². The van der Waals surface area contributed by atoms with Crippen molar-refractivity contribution in [2.45, 2.75) is 61.7 Å². The van der Waals surface area contributed by atoms with Gasteiger partial charge in [-0.15, -0.1) is 13.8 Å². The Kier molecular flexibility index (Phi) is 24.2. The Balaban J connectivity index is -0.000000109. The van der Waals surface area contributed by atoms with Gasteiger partial charge in [-0.05, 0) is 41.5 Å². The minimum Gasteiger partial charge on any atom is -0.870 e. The molecule has 20 heteroatoms. The molecule has 0 unspecified atom stereocenters. The molecule has 254 valence electrons. The SMILES string of the molecule is CCOC(=O)C(C)=O.[2H]C([2H])([2H])C(=O)C([2H])([2H])C(=O)C(C)=O.[2H]Cl.[2H]OCC.[2H]ON([2H])[2H].[2H][O-].[2H]c1c(C(=O)O)noc1C.[2H]c1c(C(=O)OCC)noc1C.[Li+]. The molecular weight excluding hydrogens is 625 g/mol. The Hall–Kier alpha value is -3.76. The number of aliphatic hydroxyl groups excluding tert-OH is 1. The van der Waals surface area contributed by atoms with E-state index in [-0.39, 0.29) is 67.2 Å². The van der Waals surface area contributed by atoms with Gasteiger partial charge in [-0.3, -0.25) is 19.2 Å². The van der Waals surface area contributed by atoms with E-state index in [1.54, 1.807) is 27.7 Å². The summed E-state index contributed by atoms with van der Waals surface area (Å²) < 4.78 is 99.3. The van der Waals surface area contributed by atoms with Gasteiger partial charge in [0.25, 0.3) is 0 Å². The molecular formula is C25H41ClLiN3O15. The molecule has 0 saturated carbocycles. The molecule has 45 heavy (non-hydrogen) atoms. The van der Waals surface area contributed by atoms with E-state index in [0.717, 1.165) is 6.92 Å². The van der Waals surface area contributed by atoms with Crippen LogP contribution in [0.2, 0.25) is 4.25 Å². The van der Waals surface area contributed by atoms with Gasteiger partial charge in [-0.2, -0.15) is 0 Å². The fourth-order valence-corrected chi connectivity index (χ4v) is 1.46. The maximum Gasteiger partial charge on any atom is 1.00 e. The first-order chi connectivity index (χ1) is 26.2. The molecule has 18 nitrogen and oxygen atoms in total. The molecule has 2 rings (SSSR count). The third-order valence-corrected chi connectivity index (χ3v) is 2.92. The second-order valence-electron chi connectivity index (χ2n) is 6.36. The summed E-state index contributed by atoms with van der Waals surface area (Å²) in [5.74, 6) is -7.52. The Bertz CT molecular complexity index is 1500. The first kappa shape index (κ1) is 29.9. The number of carbonyl (C=O) groups is 7. The standard InChI is InChI=1S/C7H9NO3.C6H8O3.C5H5NO3.C5H8O3.C2H6O.ClH.Li.H3NO.H2O/c1-3-10-7(9)6-4-5(2)11-8-6;1-4(7)3-6(9)5(2)8;1-3-2-4(5(7)8)6-9-3;1-3-8-5(7)4(2)6;1-2-3;;;1-2;/h4H,3H2,1-2H3;3H2,1-2H3;2H,1H3,(H,7,8);3H2,1-2H3;3H,2H2,1H3;1H;;2H,1H2;1H2/q;;;;;;+1;;/p-1/i4D;1D3,3D2;2D;;3D;;;1D2,2D;/hD2. The van der Waals surface area contributed by atoms with Crippen LogP contribution in [0.3, 0.4) is 0 Å². The minimum atomic E-state index is -3.27. The Morgan fingerprint density at radius 1 is 1.02 bits per heavy atom. The van der Waals surface area contributed by atoms with Crippen LogP contribution in [-0.2, 0) is 33.4 Å². The number of hydrogen-bond donors (Lipinski definition) is 4. The Morgan fingerprint density at radius 2 is 1.47 bits per heavy atom. The smallest absolute Gasteiger partial charge is 0.870 e. The van der Waals surface area contributed by atoms with Gasteiger partial charge in [-0.25, -0.2) is 20.3 Å². The number of nitrogens with two attached hydrogens (primary N) is 1. The summed E-state index contributed by atoms with van der Waals surface area (Å²) in [6.45, 7) is 7.91. The summed E-state index contributed by atoms with van der Waals surface area (Å²) in [6, 6.07) is -0.166. The molecule has 0 aromatic carbocycles. The molecule has 2 aromatic rings.